The fraction of sp³-hybridized carbons (Fsp3) is 0.478. The molecule has 1 aliphatic heterocycles. The summed E-state index contributed by atoms with van der Waals surface area (Å²) in [6.07, 6.45) is 6.17. The summed E-state index contributed by atoms with van der Waals surface area (Å²) in [5.74, 6) is 0. The van der Waals surface area contributed by atoms with Gasteiger partial charge in [-0.1, -0.05) is 67.1 Å². The lowest BCUT2D eigenvalue weighted by Gasteiger charge is -2.33. The predicted molar refractivity (Wildman–Crippen MR) is 108 cm³/mol. The Morgan fingerprint density at radius 2 is 1.38 bits per heavy atom. The van der Waals surface area contributed by atoms with Crippen LogP contribution in [0.5, 0.6) is 0 Å². The molecular formula is C23H32N2O. The number of rotatable bonds is 8. The largest absolute Gasteiger partial charge is 0.366 e. The molecule has 3 nitrogen and oxygen atoms in total. The molecule has 3 rings (SSSR count). The molecule has 2 atom stereocenters. The third-order valence-corrected chi connectivity index (χ3v) is 5.30. The van der Waals surface area contributed by atoms with E-state index < -0.39 is 0 Å². The van der Waals surface area contributed by atoms with Crippen LogP contribution in [-0.2, 0) is 4.74 Å². The first kappa shape index (κ1) is 19.1. The average molecular weight is 353 g/mol. The molecule has 3 heteroatoms. The van der Waals surface area contributed by atoms with Gasteiger partial charge in [-0.25, -0.2) is 0 Å². The van der Waals surface area contributed by atoms with E-state index in [4.69, 9.17) is 10.5 Å². The van der Waals surface area contributed by atoms with E-state index in [2.05, 4.69) is 60.4 Å². The Labute approximate surface area is 158 Å². The van der Waals surface area contributed by atoms with Gasteiger partial charge in [-0.05, 0) is 56.8 Å². The number of piperidine rings is 1. The molecule has 0 amide bonds. The molecule has 1 saturated heterocycles. The van der Waals surface area contributed by atoms with Crippen molar-refractivity contribution in [3.05, 3.63) is 71.8 Å². The summed E-state index contributed by atoms with van der Waals surface area (Å²) < 4.78 is 6.49. The highest BCUT2D eigenvalue weighted by Crippen LogP contribution is 2.28. The van der Waals surface area contributed by atoms with Crippen molar-refractivity contribution in [1.29, 1.82) is 0 Å². The van der Waals surface area contributed by atoms with Crippen LogP contribution in [-0.4, -0.2) is 30.3 Å². The number of hydrogen-bond donors (Lipinski definition) is 1. The first-order valence-corrected chi connectivity index (χ1v) is 9.99. The Morgan fingerprint density at radius 1 is 0.846 bits per heavy atom. The molecule has 0 saturated carbocycles. The number of benzene rings is 2. The molecular weight excluding hydrogens is 320 g/mol. The fourth-order valence-corrected chi connectivity index (χ4v) is 3.74. The SMILES string of the molecule is CC(CCC(N)N1CCCCC1)OC(c1ccccc1)c1ccccc1. The van der Waals surface area contributed by atoms with Gasteiger partial charge < -0.3 is 10.5 Å². The summed E-state index contributed by atoms with van der Waals surface area (Å²) in [7, 11) is 0. The molecule has 0 spiro atoms. The summed E-state index contributed by atoms with van der Waals surface area (Å²) in [5.41, 5.74) is 8.82. The van der Waals surface area contributed by atoms with Crippen molar-refractivity contribution in [2.24, 2.45) is 5.73 Å². The van der Waals surface area contributed by atoms with Gasteiger partial charge in [0.15, 0.2) is 0 Å². The van der Waals surface area contributed by atoms with Crippen LogP contribution in [0.4, 0.5) is 0 Å². The van der Waals surface area contributed by atoms with E-state index in [0.717, 1.165) is 25.9 Å². The predicted octanol–water partition coefficient (Wildman–Crippen LogP) is 4.73. The fourth-order valence-electron chi connectivity index (χ4n) is 3.74. The summed E-state index contributed by atoms with van der Waals surface area (Å²) in [6, 6.07) is 21.0. The van der Waals surface area contributed by atoms with E-state index in [9.17, 15) is 0 Å². The Kier molecular flexibility index (Phi) is 7.24. The quantitative estimate of drug-likeness (QED) is 0.746. The standard InChI is InChI=1S/C23H32N2O/c1-19(15-16-22(24)25-17-9-4-10-18-25)26-23(20-11-5-2-6-12-20)21-13-7-3-8-14-21/h2-3,5-8,11-14,19,22-23H,4,9-10,15-18,24H2,1H3. The van der Waals surface area contributed by atoms with Crippen molar-refractivity contribution in [3.8, 4) is 0 Å². The van der Waals surface area contributed by atoms with Crippen molar-refractivity contribution in [3.63, 3.8) is 0 Å². The highest BCUT2D eigenvalue weighted by Gasteiger charge is 2.21. The van der Waals surface area contributed by atoms with E-state index in [0.29, 0.717) is 0 Å². The topological polar surface area (TPSA) is 38.5 Å². The van der Waals surface area contributed by atoms with Gasteiger partial charge in [-0.3, -0.25) is 4.90 Å². The lowest BCUT2D eigenvalue weighted by Crippen LogP contribution is -2.45. The van der Waals surface area contributed by atoms with Gasteiger partial charge in [0.25, 0.3) is 0 Å². The summed E-state index contributed by atoms with van der Waals surface area (Å²) in [5, 5.41) is 0. The van der Waals surface area contributed by atoms with Gasteiger partial charge in [0.05, 0.1) is 12.3 Å². The summed E-state index contributed by atoms with van der Waals surface area (Å²) in [6.45, 7) is 4.46. The first-order chi connectivity index (χ1) is 12.7. The number of nitrogens with two attached hydrogens (primary N) is 1. The minimum Gasteiger partial charge on any atom is -0.366 e. The van der Waals surface area contributed by atoms with E-state index in [1.165, 1.54) is 30.4 Å². The number of hydrogen-bond acceptors (Lipinski definition) is 3. The molecule has 0 radical (unpaired) electrons. The van der Waals surface area contributed by atoms with E-state index >= 15 is 0 Å². The summed E-state index contributed by atoms with van der Waals surface area (Å²) >= 11 is 0. The van der Waals surface area contributed by atoms with Crippen LogP contribution in [0.3, 0.4) is 0 Å². The van der Waals surface area contributed by atoms with Crippen molar-refractivity contribution in [2.75, 3.05) is 13.1 Å². The molecule has 140 valence electrons. The maximum absolute atomic E-state index is 6.49. The molecule has 0 aliphatic carbocycles. The van der Waals surface area contributed by atoms with Crippen LogP contribution in [0.15, 0.2) is 60.7 Å². The van der Waals surface area contributed by atoms with Crippen LogP contribution >= 0.6 is 0 Å². The second kappa shape index (κ2) is 9.86. The zero-order chi connectivity index (χ0) is 18.2. The van der Waals surface area contributed by atoms with Crippen LogP contribution in [0, 0.1) is 0 Å². The van der Waals surface area contributed by atoms with Crippen LogP contribution in [0.1, 0.15) is 56.3 Å². The molecule has 1 heterocycles. The lowest BCUT2D eigenvalue weighted by molar-refractivity contribution is 0.00840. The van der Waals surface area contributed by atoms with Gasteiger partial charge >= 0.3 is 0 Å². The van der Waals surface area contributed by atoms with Crippen molar-refractivity contribution < 1.29 is 4.74 Å². The smallest absolute Gasteiger partial charge is 0.108 e. The zero-order valence-electron chi connectivity index (χ0n) is 15.9. The van der Waals surface area contributed by atoms with E-state index in [1.54, 1.807) is 0 Å². The van der Waals surface area contributed by atoms with Crippen LogP contribution in [0.2, 0.25) is 0 Å². The maximum Gasteiger partial charge on any atom is 0.108 e. The number of likely N-dealkylation sites (tertiary alicyclic amines) is 1. The lowest BCUT2D eigenvalue weighted by atomic mass is 10.0. The minimum absolute atomic E-state index is 0.0291. The third kappa shape index (κ3) is 5.41. The maximum atomic E-state index is 6.49. The van der Waals surface area contributed by atoms with E-state index in [1.807, 2.05) is 12.1 Å². The van der Waals surface area contributed by atoms with E-state index in [-0.39, 0.29) is 18.4 Å². The highest BCUT2D eigenvalue weighted by molar-refractivity contribution is 5.29. The van der Waals surface area contributed by atoms with Gasteiger partial charge in [-0.2, -0.15) is 0 Å². The molecule has 26 heavy (non-hydrogen) atoms. The number of nitrogens with zero attached hydrogens (tertiary/aromatic N) is 1. The normalized spacial score (nSPS) is 18.0. The number of ether oxygens (including phenoxy) is 1. The molecule has 2 unspecified atom stereocenters. The van der Waals surface area contributed by atoms with Crippen molar-refractivity contribution >= 4 is 0 Å². The molecule has 1 fully saturated rings. The van der Waals surface area contributed by atoms with Gasteiger partial charge in [0, 0.05) is 0 Å². The van der Waals surface area contributed by atoms with Crippen molar-refractivity contribution in [2.45, 2.75) is 57.4 Å². The van der Waals surface area contributed by atoms with Gasteiger partial charge in [0.2, 0.25) is 0 Å². The summed E-state index contributed by atoms with van der Waals surface area (Å²) in [4.78, 5) is 2.43. The molecule has 2 aromatic carbocycles. The van der Waals surface area contributed by atoms with Crippen LogP contribution < -0.4 is 5.73 Å². The highest BCUT2D eigenvalue weighted by atomic mass is 16.5. The molecule has 0 bridgehead atoms. The van der Waals surface area contributed by atoms with Gasteiger partial charge in [0.1, 0.15) is 6.10 Å². The Balaban J connectivity index is 1.59. The Hall–Kier alpha value is -1.68. The second-order valence-corrected chi connectivity index (χ2v) is 7.39. The van der Waals surface area contributed by atoms with Crippen molar-refractivity contribution in [1.82, 2.24) is 4.90 Å². The molecule has 2 N–H and O–H groups in total. The minimum atomic E-state index is -0.0291. The molecule has 2 aromatic rings. The van der Waals surface area contributed by atoms with Gasteiger partial charge in [-0.15, -0.1) is 0 Å². The molecule has 1 aliphatic rings. The first-order valence-electron chi connectivity index (χ1n) is 9.99. The Bertz CT molecular complexity index is 586. The monoisotopic (exact) mass is 352 g/mol. The third-order valence-electron chi connectivity index (χ3n) is 5.30. The van der Waals surface area contributed by atoms with Crippen LogP contribution in [0.25, 0.3) is 0 Å². The second-order valence-electron chi connectivity index (χ2n) is 7.39. The Morgan fingerprint density at radius 3 is 1.92 bits per heavy atom. The molecule has 0 aromatic heterocycles. The zero-order valence-corrected chi connectivity index (χ0v) is 15.9. The average Bonchev–Trinajstić information content (AvgIpc) is 2.72.